The van der Waals surface area contributed by atoms with Crippen LogP contribution in [0.15, 0.2) is 40.0 Å². The molecule has 24 heavy (non-hydrogen) atoms. The summed E-state index contributed by atoms with van der Waals surface area (Å²) in [5.41, 5.74) is 0.594. The van der Waals surface area contributed by atoms with Crippen LogP contribution in [0.4, 0.5) is 4.39 Å². The zero-order valence-corrected chi connectivity index (χ0v) is 14.5. The maximum Gasteiger partial charge on any atom is 0.210 e. The average molecular weight is 347 g/mol. The van der Waals surface area contributed by atoms with Gasteiger partial charge in [-0.05, 0) is 24.3 Å². The van der Waals surface area contributed by atoms with Crippen LogP contribution >= 0.6 is 11.8 Å². The van der Waals surface area contributed by atoms with Crippen LogP contribution < -0.4 is 5.84 Å². The van der Waals surface area contributed by atoms with Gasteiger partial charge < -0.3 is 10.3 Å². The Labute approximate surface area is 143 Å². The van der Waals surface area contributed by atoms with E-state index in [0.717, 1.165) is 5.56 Å². The quantitative estimate of drug-likeness (QED) is 0.575. The Kier molecular flexibility index (Phi) is 4.31. The molecule has 8 heteroatoms. The van der Waals surface area contributed by atoms with E-state index in [4.69, 9.17) is 10.3 Å². The van der Waals surface area contributed by atoms with Gasteiger partial charge in [0, 0.05) is 11.0 Å². The van der Waals surface area contributed by atoms with Gasteiger partial charge in [-0.15, -0.1) is 10.2 Å². The molecule has 0 atom stereocenters. The van der Waals surface area contributed by atoms with Crippen LogP contribution in [0.3, 0.4) is 0 Å². The first-order chi connectivity index (χ1) is 11.3. The molecule has 0 saturated heterocycles. The largest absolute Gasteiger partial charge is 0.440 e. The minimum absolute atomic E-state index is 0.181. The molecule has 0 fully saturated rings. The standard InChI is InChI=1S/C16H18FN5OS/c1-16(2,3)14-20-21-15(22(14)18)24-9-13-19-8-12(23-13)10-4-6-11(17)7-5-10/h4-8H,9,18H2,1-3H3. The number of halogens is 1. The Morgan fingerprint density at radius 2 is 1.92 bits per heavy atom. The second kappa shape index (κ2) is 6.27. The average Bonchev–Trinajstić information content (AvgIpc) is 3.12. The molecule has 0 spiro atoms. The number of rotatable bonds is 4. The smallest absolute Gasteiger partial charge is 0.210 e. The maximum absolute atomic E-state index is 13.0. The molecule has 0 radical (unpaired) electrons. The summed E-state index contributed by atoms with van der Waals surface area (Å²) in [6.45, 7) is 6.08. The van der Waals surface area contributed by atoms with Gasteiger partial charge in [0.25, 0.3) is 0 Å². The number of hydrogen-bond donors (Lipinski definition) is 1. The first-order valence-corrected chi connectivity index (χ1v) is 8.37. The summed E-state index contributed by atoms with van der Waals surface area (Å²) in [6.07, 6.45) is 1.62. The number of aromatic nitrogens is 4. The fourth-order valence-corrected chi connectivity index (χ4v) is 2.85. The number of nitrogens with two attached hydrogens (primary N) is 1. The predicted octanol–water partition coefficient (Wildman–Crippen LogP) is 3.38. The van der Waals surface area contributed by atoms with Gasteiger partial charge in [0.05, 0.1) is 11.9 Å². The normalized spacial score (nSPS) is 11.8. The van der Waals surface area contributed by atoms with Crippen molar-refractivity contribution in [1.29, 1.82) is 0 Å². The summed E-state index contributed by atoms with van der Waals surface area (Å²) in [5.74, 6) is 8.08. The van der Waals surface area contributed by atoms with E-state index in [0.29, 0.717) is 28.4 Å². The minimum Gasteiger partial charge on any atom is -0.440 e. The lowest BCUT2D eigenvalue weighted by Gasteiger charge is -2.16. The highest BCUT2D eigenvalue weighted by Gasteiger charge is 2.23. The van der Waals surface area contributed by atoms with Crippen molar-refractivity contribution >= 4 is 11.8 Å². The second-order valence-electron chi connectivity index (χ2n) is 6.34. The first kappa shape index (κ1) is 16.5. The van der Waals surface area contributed by atoms with Crippen LogP contribution in [0.25, 0.3) is 11.3 Å². The zero-order valence-electron chi connectivity index (χ0n) is 13.7. The molecule has 3 aromatic rings. The van der Waals surface area contributed by atoms with Crippen molar-refractivity contribution in [2.75, 3.05) is 5.84 Å². The Balaban J connectivity index is 1.70. The summed E-state index contributed by atoms with van der Waals surface area (Å²) >= 11 is 1.40. The summed E-state index contributed by atoms with van der Waals surface area (Å²) in [6, 6.07) is 6.08. The van der Waals surface area contributed by atoms with E-state index in [1.165, 1.54) is 28.6 Å². The Morgan fingerprint density at radius 3 is 2.54 bits per heavy atom. The molecule has 0 amide bonds. The highest BCUT2D eigenvalue weighted by Crippen LogP contribution is 2.27. The van der Waals surface area contributed by atoms with Crippen molar-refractivity contribution in [3.05, 3.63) is 48.0 Å². The molecule has 2 aromatic heterocycles. The molecular weight excluding hydrogens is 329 g/mol. The highest BCUT2D eigenvalue weighted by molar-refractivity contribution is 7.98. The molecule has 2 N–H and O–H groups in total. The van der Waals surface area contributed by atoms with E-state index in [1.807, 2.05) is 20.8 Å². The Morgan fingerprint density at radius 1 is 1.21 bits per heavy atom. The molecule has 6 nitrogen and oxygen atoms in total. The summed E-state index contributed by atoms with van der Waals surface area (Å²) in [7, 11) is 0. The number of hydrogen-bond acceptors (Lipinski definition) is 6. The molecule has 0 bridgehead atoms. The van der Waals surface area contributed by atoms with E-state index in [-0.39, 0.29) is 11.2 Å². The van der Waals surface area contributed by atoms with Crippen LogP contribution in [0.1, 0.15) is 32.5 Å². The van der Waals surface area contributed by atoms with E-state index < -0.39 is 0 Å². The molecule has 0 saturated carbocycles. The summed E-state index contributed by atoms with van der Waals surface area (Å²) < 4.78 is 20.2. The van der Waals surface area contributed by atoms with E-state index >= 15 is 0 Å². The van der Waals surface area contributed by atoms with Gasteiger partial charge in [-0.3, -0.25) is 0 Å². The van der Waals surface area contributed by atoms with Crippen molar-refractivity contribution in [3.8, 4) is 11.3 Å². The van der Waals surface area contributed by atoms with E-state index in [9.17, 15) is 4.39 Å². The first-order valence-electron chi connectivity index (χ1n) is 7.39. The fraction of sp³-hybridized carbons (Fsp3) is 0.312. The molecule has 0 aliphatic heterocycles. The summed E-state index contributed by atoms with van der Waals surface area (Å²) in [4.78, 5) is 4.24. The van der Waals surface area contributed by atoms with E-state index in [1.54, 1.807) is 18.3 Å². The SMILES string of the molecule is CC(C)(C)c1nnc(SCc2ncc(-c3ccc(F)cc3)o2)n1N. The van der Waals surface area contributed by atoms with Crippen LogP contribution in [0.2, 0.25) is 0 Å². The van der Waals surface area contributed by atoms with Gasteiger partial charge in [-0.25, -0.2) is 14.1 Å². The third-order valence-electron chi connectivity index (χ3n) is 3.34. The van der Waals surface area contributed by atoms with Gasteiger partial charge in [0.15, 0.2) is 11.6 Å². The molecule has 3 rings (SSSR count). The van der Waals surface area contributed by atoms with Crippen molar-refractivity contribution in [2.24, 2.45) is 0 Å². The van der Waals surface area contributed by atoms with Gasteiger partial charge in [-0.2, -0.15) is 0 Å². The van der Waals surface area contributed by atoms with Crippen molar-refractivity contribution in [1.82, 2.24) is 19.9 Å². The number of benzene rings is 1. The molecular formula is C16H18FN5OS. The van der Waals surface area contributed by atoms with Crippen molar-refractivity contribution in [2.45, 2.75) is 37.1 Å². The Hall–Kier alpha value is -2.35. The zero-order chi connectivity index (χ0) is 17.3. The number of oxazole rings is 1. The Bertz CT molecular complexity index is 835. The lowest BCUT2D eigenvalue weighted by molar-refractivity contribution is 0.522. The molecule has 126 valence electrons. The maximum atomic E-state index is 13.0. The lowest BCUT2D eigenvalue weighted by atomic mass is 9.96. The number of thioether (sulfide) groups is 1. The minimum atomic E-state index is -0.286. The van der Waals surface area contributed by atoms with Gasteiger partial charge in [-0.1, -0.05) is 32.5 Å². The molecule has 1 aromatic carbocycles. The summed E-state index contributed by atoms with van der Waals surface area (Å²) in [5, 5.41) is 8.85. The van der Waals surface area contributed by atoms with Crippen LogP contribution in [0.5, 0.6) is 0 Å². The highest BCUT2D eigenvalue weighted by atomic mass is 32.2. The molecule has 0 aliphatic rings. The van der Waals surface area contributed by atoms with Crippen molar-refractivity contribution in [3.63, 3.8) is 0 Å². The van der Waals surface area contributed by atoms with Gasteiger partial charge >= 0.3 is 0 Å². The van der Waals surface area contributed by atoms with E-state index in [2.05, 4.69) is 15.2 Å². The number of nitrogens with zero attached hydrogens (tertiary/aromatic N) is 4. The van der Waals surface area contributed by atoms with Crippen LogP contribution in [0, 0.1) is 5.82 Å². The van der Waals surface area contributed by atoms with Crippen LogP contribution in [-0.4, -0.2) is 19.9 Å². The fourth-order valence-electron chi connectivity index (χ4n) is 2.14. The lowest BCUT2D eigenvalue weighted by Crippen LogP contribution is -2.24. The van der Waals surface area contributed by atoms with Gasteiger partial charge in [0.1, 0.15) is 5.82 Å². The molecule has 0 unspecified atom stereocenters. The molecule has 2 heterocycles. The van der Waals surface area contributed by atoms with Gasteiger partial charge in [0.2, 0.25) is 11.0 Å². The monoisotopic (exact) mass is 347 g/mol. The van der Waals surface area contributed by atoms with Crippen molar-refractivity contribution < 1.29 is 8.81 Å². The third kappa shape index (κ3) is 3.43. The topological polar surface area (TPSA) is 82.8 Å². The number of nitrogen functional groups attached to an aromatic ring is 1. The second-order valence-corrected chi connectivity index (χ2v) is 7.28. The molecule has 0 aliphatic carbocycles. The third-order valence-corrected chi connectivity index (χ3v) is 4.27. The predicted molar refractivity (Wildman–Crippen MR) is 90.3 cm³/mol. The van der Waals surface area contributed by atoms with Crippen LogP contribution in [-0.2, 0) is 11.2 Å².